The summed E-state index contributed by atoms with van der Waals surface area (Å²) in [6.07, 6.45) is 1.59. The molecule has 1 rings (SSSR count). The average molecular weight is 238 g/mol. The van der Waals surface area contributed by atoms with Gasteiger partial charge in [0.15, 0.2) is 0 Å². The van der Waals surface area contributed by atoms with Crippen LogP contribution < -0.4 is 0 Å². The largest absolute Gasteiger partial charge is 0.341 e. The summed E-state index contributed by atoms with van der Waals surface area (Å²) in [6, 6.07) is 1.80. The molecule has 0 fully saturated rings. The highest BCUT2D eigenvalue weighted by molar-refractivity contribution is 14.1. The van der Waals surface area contributed by atoms with E-state index < -0.39 is 0 Å². The van der Waals surface area contributed by atoms with Crippen LogP contribution in [0.5, 0.6) is 0 Å². The summed E-state index contributed by atoms with van der Waals surface area (Å²) in [7, 11) is 0. The van der Waals surface area contributed by atoms with Crippen molar-refractivity contribution in [1.29, 1.82) is 0 Å². The molecular weight excluding hydrogens is 235 g/mol. The van der Waals surface area contributed by atoms with Crippen LogP contribution in [0.4, 0.5) is 0 Å². The Kier molecular flexibility index (Phi) is 1.95. The van der Waals surface area contributed by atoms with Crippen LogP contribution in [-0.2, 0) is 0 Å². The summed E-state index contributed by atoms with van der Waals surface area (Å²) >= 11 is 6.91. The summed E-state index contributed by atoms with van der Waals surface area (Å²) in [4.78, 5) is 6.68. The quantitative estimate of drug-likeness (QED) is 0.423. The summed E-state index contributed by atoms with van der Waals surface area (Å²) in [5, 5.41) is 0. The van der Waals surface area contributed by atoms with E-state index in [2.05, 4.69) is 32.6 Å². The molecule has 0 radical (unpaired) electrons. The molecule has 0 amide bonds. The molecule has 0 aliphatic heterocycles. The Labute approximate surface area is 65.5 Å². The Morgan fingerprint density at radius 3 is 2.88 bits per heavy atom. The van der Waals surface area contributed by atoms with E-state index in [1.807, 2.05) is 0 Å². The predicted octanol–water partition coefficient (Wildman–Crippen LogP) is 1.74. The monoisotopic (exact) mass is 238 g/mol. The van der Waals surface area contributed by atoms with Gasteiger partial charge in [-0.05, 0) is 22.6 Å². The van der Waals surface area contributed by atoms with Crippen molar-refractivity contribution in [2.75, 3.05) is 0 Å². The molecule has 0 atom stereocenters. The highest BCUT2D eigenvalue weighted by Crippen LogP contribution is 1.95. The summed E-state index contributed by atoms with van der Waals surface area (Å²) < 4.78 is 1.65. The number of halogens is 1. The number of H-pyrrole nitrogens is 1. The van der Waals surface area contributed by atoms with Gasteiger partial charge in [0.25, 0.3) is 0 Å². The third-order valence-electron chi connectivity index (χ3n) is 0.644. The number of nitrogens with zero attached hydrogens (tertiary/aromatic N) is 1. The molecule has 1 heterocycles. The van der Waals surface area contributed by atoms with Gasteiger partial charge in [-0.15, -0.1) is 0 Å². The van der Waals surface area contributed by atoms with Crippen LogP contribution in [0, 0.1) is 8.34 Å². The molecule has 0 spiro atoms. The van der Waals surface area contributed by atoms with Crippen LogP contribution in [0.3, 0.4) is 0 Å². The minimum Gasteiger partial charge on any atom is -0.341 e. The van der Waals surface area contributed by atoms with Crippen LogP contribution in [0.1, 0.15) is 0 Å². The lowest BCUT2D eigenvalue weighted by Crippen LogP contribution is -1.79. The molecule has 4 heteroatoms. The number of hydrogen-bond donors (Lipinski definition) is 1. The van der Waals surface area contributed by atoms with E-state index in [0.717, 1.165) is 3.70 Å². The van der Waals surface area contributed by atoms with Crippen molar-refractivity contribution in [3.63, 3.8) is 0 Å². The Balaban J connectivity index is 3.28. The Hall–Kier alpha value is 0.0300. The maximum Gasteiger partial charge on any atom is 0.130 e. The molecule has 0 unspecified atom stereocenters. The molecule has 0 aliphatic rings. The van der Waals surface area contributed by atoms with Crippen molar-refractivity contribution >= 4 is 34.8 Å². The van der Waals surface area contributed by atoms with Crippen LogP contribution in [0.2, 0.25) is 0 Å². The van der Waals surface area contributed by atoms with Crippen LogP contribution in [0.25, 0.3) is 0 Å². The maximum absolute atomic E-state index is 4.76. The Bertz CT molecular complexity index is 231. The lowest BCUT2D eigenvalue weighted by molar-refractivity contribution is 1.12. The second-order valence-electron chi connectivity index (χ2n) is 1.23. The van der Waals surface area contributed by atoms with Crippen LogP contribution in [0.15, 0.2) is 12.4 Å². The second kappa shape index (κ2) is 2.54. The third-order valence-corrected chi connectivity index (χ3v) is 1.49. The van der Waals surface area contributed by atoms with Gasteiger partial charge in [-0.2, -0.15) is 0 Å². The summed E-state index contributed by atoms with van der Waals surface area (Å²) in [5.74, 6) is 0. The minimum atomic E-state index is 0.633. The maximum atomic E-state index is 4.76. The molecule has 8 heavy (non-hydrogen) atoms. The van der Waals surface area contributed by atoms with E-state index in [-0.39, 0.29) is 0 Å². The molecule has 2 nitrogen and oxygen atoms in total. The zero-order chi connectivity index (χ0) is 5.98. The number of rotatable bonds is 0. The third kappa shape index (κ3) is 1.52. The van der Waals surface area contributed by atoms with Gasteiger partial charge in [0, 0.05) is 6.07 Å². The molecule has 0 bridgehead atoms. The second-order valence-corrected chi connectivity index (χ2v) is 2.81. The van der Waals surface area contributed by atoms with E-state index in [9.17, 15) is 0 Å². The molecule has 0 aliphatic carbocycles. The fourth-order valence-electron chi connectivity index (χ4n) is 0.345. The van der Waals surface area contributed by atoms with Crippen molar-refractivity contribution in [1.82, 2.24) is 9.97 Å². The van der Waals surface area contributed by atoms with Gasteiger partial charge in [0.1, 0.15) is 4.64 Å². The van der Waals surface area contributed by atoms with Crippen molar-refractivity contribution in [2.24, 2.45) is 0 Å². The normalized spacial score (nSPS) is 9.12. The van der Waals surface area contributed by atoms with E-state index in [0.29, 0.717) is 4.64 Å². The standard InChI is InChI=1S/C4H3IN2S/c5-3-1-4(8)7-2-6-3/h1-2H,(H,6,7,8). The van der Waals surface area contributed by atoms with Crippen LogP contribution in [-0.4, -0.2) is 9.97 Å². The van der Waals surface area contributed by atoms with E-state index in [1.165, 1.54) is 0 Å². The zero-order valence-electron chi connectivity index (χ0n) is 3.89. The van der Waals surface area contributed by atoms with Crippen molar-refractivity contribution in [3.8, 4) is 0 Å². The lowest BCUT2D eigenvalue weighted by Gasteiger charge is -1.84. The smallest absolute Gasteiger partial charge is 0.130 e. The SMILES string of the molecule is S=c1cc(I)[nH]cn1. The first kappa shape index (κ1) is 6.15. The summed E-state index contributed by atoms with van der Waals surface area (Å²) in [6.45, 7) is 0. The zero-order valence-corrected chi connectivity index (χ0v) is 6.86. The number of nitrogens with one attached hydrogen (secondary N) is 1. The number of aromatic amines is 1. The topological polar surface area (TPSA) is 28.7 Å². The molecule has 1 aromatic heterocycles. The summed E-state index contributed by atoms with van der Waals surface area (Å²) in [5.41, 5.74) is 0. The van der Waals surface area contributed by atoms with Crippen molar-refractivity contribution in [3.05, 3.63) is 20.7 Å². The molecule has 0 saturated heterocycles. The first-order valence-electron chi connectivity index (χ1n) is 1.99. The minimum absolute atomic E-state index is 0.633. The average Bonchev–Trinajstić information content (AvgIpc) is 1.64. The molecule has 42 valence electrons. The molecule has 1 aromatic rings. The van der Waals surface area contributed by atoms with Crippen LogP contribution >= 0.6 is 34.8 Å². The molecule has 0 aromatic carbocycles. The van der Waals surface area contributed by atoms with Gasteiger partial charge >= 0.3 is 0 Å². The van der Waals surface area contributed by atoms with Gasteiger partial charge in [-0.3, -0.25) is 0 Å². The number of aromatic nitrogens is 2. The molecule has 0 saturated carbocycles. The van der Waals surface area contributed by atoms with Gasteiger partial charge in [0.2, 0.25) is 0 Å². The van der Waals surface area contributed by atoms with Gasteiger partial charge in [0.05, 0.1) is 10.0 Å². The first-order chi connectivity index (χ1) is 3.79. The molecular formula is C4H3IN2S. The Morgan fingerprint density at radius 1 is 1.75 bits per heavy atom. The predicted molar refractivity (Wildman–Crippen MR) is 42.1 cm³/mol. The van der Waals surface area contributed by atoms with Gasteiger partial charge in [-0.25, -0.2) is 4.98 Å². The highest BCUT2D eigenvalue weighted by atomic mass is 127. The Morgan fingerprint density at radius 2 is 2.50 bits per heavy atom. The number of hydrogen-bond acceptors (Lipinski definition) is 2. The van der Waals surface area contributed by atoms with Gasteiger partial charge < -0.3 is 4.98 Å². The van der Waals surface area contributed by atoms with E-state index in [1.54, 1.807) is 12.4 Å². The van der Waals surface area contributed by atoms with Crippen molar-refractivity contribution in [2.45, 2.75) is 0 Å². The fraction of sp³-hybridized carbons (Fsp3) is 0. The fourth-order valence-corrected chi connectivity index (χ4v) is 1.16. The van der Waals surface area contributed by atoms with E-state index in [4.69, 9.17) is 12.2 Å². The van der Waals surface area contributed by atoms with Crippen molar-refractivity contribution < 1.29 is 0 Å². The first-order valence-corrected chi connectivity index (χ1v) is 3.48. The van der Waals surface area contributed by atoms with Gasteiger partial charge in [-0.1, -0.05) is 12.2 Å². The van der Waals surface area contributed by atoms with E-state index >= 15 is 0 Å². The lowest BCUT2D eigenvalue weighted by atomic mass is 10.7. The molecule has 1 N–H and O–H groups in total. The highest BCUT2D eigenvalue weighted by Gasteiger charge is 1.80.